The van der Waals surface area contributed by atoms with Gasteiger partial charge >= 0.3 is 5.97 Å². The van der Waals surface area contributed by atoms with Gasteiger partial charge in [0.1, 0.15) is 5.54 Å². The Kier molecular flexibility index (Phi) is 6.71. The van der Waals surface area contributed by atoms with Gasteiger partial charge < -0.3 is 4.74 Å². The van der Waals surface area contributed by atoms with E-state index in [1.165, 1.54) is 0 Å². The van der Waals surface area contributed by atoms with Gasteiger partial charge in [-0.15, -0.1) is 13.2 Å². The van der Waals surface area contributed by atoms with Gasteiger partial charge in [0, 0.05) is 6.54 Å². The van der Waals surface area contributed by atoms with E-state index in [9.17, 15) is 4.79 Å². The molecular formula is C12H21NO2. The van der Waals surface area contributed by atoms with E-state index in [1.54, 1.807) is 19.1 Å². The minimum Gasteiger partial charge on any atom is -0.465 e. The summed E-state index contributed by atoms with van der Waals surface area (Å²) in [7, 11) is 0. The standard InChI is InChI=1S/C12H21NO2/c1-5-8-9-12(4,13-10-6-2)11(14)15-7-3/h5-6,13H,1-2,7-10H2,3-4H3. The van der Waals surface area contributed by atoms with Crippen molar-refractivity contribution in [3.05, 3.63) is 25.3 Å². The van der Waals surface area contributed by atoms with Crippen molar-refractivity contribution in [1.29, 1.82) is 0 Å². The molecule has 3 nitrogen and oxygen atoms in total. The smallest absolute Gasteiger partial charge is 0.326 e. The Hall–Kier alpha value is -1.09. The van der Waals surface area contributed by atoms with Crippen molar-refractivity contribution in [2.75, 3.05) is 13.2 Å². The number of allylic oxidation sites excluding steroid dienone is 1. The summed E-state index contributed by atoms with van der Waals surface area (Å²) >= 11 is 0. The van der Waals surface area contributed by atoms with Crippen molar-refractivity contribution in [2.45, 2.75) is 32.2 Å². The summed E-state index contributed by atoms with van der Waals surface area (Å²) in [4.78, 5) is 11.7. The van der Waals surface area contributed by atoms with Gasteiger partial charge in [-0.25, -0.2) is 0 Å². The number of esters is 1. The highest BCUT2D eigenvalue weighted by Crippen LogP contribution is 2.14. The Morgan fingerprint density at radius 2 is 2.13 bits per heavy atom. The molecule has 0 amide bonds. The highest BCUT2D eigenvalue weighted by atomic mass is 16.5. The zero-order chi connectivity index (χ0) is 11.7. The monoisotopic (exact) mass is 211 g/mol. The summed E-state index contributed by atoms with van der Waals surface area (Å²) in [6.45, 7) is 11.9. The molecule has 0 saturated heterocycles. The molecule has 0 aromatic rings. The first-order valence-electron chi connectivity index (χ1n) is 5.24. The van der Waals surface area contributed by atoms with E-state index in [1.807, 2.05) is 6.92 Å². The molecular weight excluding hydrogens is 190 g/mol. The van der Waals surface area contributed by atoms with Crippen molar-refractivity contribution in [1.82, 2.24) is 5.32 Å². The minimum atomic E-state index is -0.640. The molecule has 15 heavy (non-hydrogen) atoms. The van der Waals surface area contributed by atoms with Crippen molar-refractivity contribution in [3.63, 3.8) is 0 Å². The predicted octanol–water partition coefficient (Wildman–Crippen LogP) is 2.05. The lowest BCUT2D eigenvalue weighted by Crippen LogP contribution is -2.50. The van der Waals surface area contributed by atoms with Gasteiger partial charge in [-0.05, 0) is 26.7 Å². The number of ether oxygens (including phenoxy) is 1. The van der Waals surface area contributed by atoms with Crippen LogP contribution in [0.4, 0.5) is 0 Å². The van der Waals surface area contributed by atoms with Gasteiger partial charge in [-0.1, -0.05) is 12.2 Å². The van der Waals surface area contributed by atoms with Crippen molar-refractivity contribution >= 4 is 5.97 Å². The second-order valence-electron chi connectivity index (χ2n) is 3.55. The molecule has 0 aromatic heterocycles. The maximum absolute atomic E-state index is 11.7. The molecule has 0 aliphatic rings. The van der Waals surface area contributed by atoms with Gasteiger partial charge in [-0.2, -0.15) is 0 Å². The molecule has 0 aromatic carbocycles. The van der Waals surface area contributed by atoms with Gasteiger partial charge in [0.25, 0.3) is 0 Å². The van der Waals surface area contributed by atoms with E-state index >= 15 is 0 Å². The van der Waals surface area contributed by atoms with Crippen LogP contribution in [0.25, 0.3) is 0 Å². The molecule has 1 unspecified atom stereocenters. The fourth-order valence-corrected chi connectivity index (χ4v) is 1.24. The summed E-state index contributed by atoms with van der Waals surface area (Å²) < 4.78 is 5.03. The molecule has 1 N–H and O–H groups in total. The first-order valence-corrected chi connectivity index (χ1v) is 5.24. The number of hydrogen-bond acceptors (Lipinski definition) is 3. The zero-order valence-corrected chi connectivity index (χ0v) is 9.71. The van der Waals surface area contributed by atoms with Crippen LogP contribution >= 0.6 is 0 Å². The predicted molar refractivity (Wildman–Crippen MR) is 62.7 cm³/mol. The number of carbonyl (C=O) groups excluding carboxylic acids is 1. The normalized spacial score (nSPS) is 14.0. The quantitative estimate of drug-likeness (QED) is 0.493. The van der Waals surface area contributed by atoms with Gasteiger partial charge in [0.2, 0.25) is 0 Å². The summed E-state index contributed by atoms with van der Waals surface area (Å²) in [6.07, 6.45) is 4.99. The van der Waals surface area contributed by atoms with E-state index in [-0.39, 0.29) is 5.97 Å². The van der Waals surface area contributed by atoms with E-state index in [4.69, 9.17) is 4.74 Å². The maximum atomic E-state index is 11.7. The molecule has 0 radical (unpaired) electrons. The van der Waals surface area contributed by atoms with Crippen LogP contribution in [-0.2, 0) is 9.53 Å². The van der Waals surface area contributed by atoms with Gasteiger partial charge in [0.05, 0.1) is 6.61 Å². The van der Waals surface area contributed by atoms with Crippen molar-refractivity contribution in [3.8, 4) is 0 Å². The lowest BCUT2D eigenvalue weighted by Gasteiger charge is -2.27. The fraction of sp³-hybridized carbons (Fsp3) is 0.583. The van der Waals surface area contributed by atoms with Crippen LogP contribution in [0.15, 0.2) is 25.3 Å². The third kappa shape index (κ3) is 4.79. The van der Waals surface area contributed by atoms with Crippen LogP contribution in [0.2, 0.25) is 0 Å². The third-order valence-corrected chi connectivity index (χ3v) is 2.21. The number of nitrogens with one attached hydrogen (secondary N) is 1. The van der Waals surface area contributed by atoms with Crippen LogP contribution in [0, 0.1) is 0 Å². The highest BCUT2D eigenvalue weighted by Gasteiger charge is 2.32. The van der Waals surface area contributed by atoms with E-state index in [0.717, 1.165) is 6.42 Å². The molecule has 0 bridgehead atoms. The van der Waals surface area contributed by atoms with Crippen LogP contribution in [0.3, 0.4) is 0 Å². The molecule has 86 valence electrons. The lowest BCUT2D eigenvalue weighted by molar-refractivity contribution is -0.150. The Bertz CT molecular complexity index is 212. The number of carbonyl (C=O) groups is 1. The lowest BCUT2D eigenvalue weighted by atomic mass is 9.95. The fourth-order valence-electron chi connectivity index (χ4n) is 1.24. The zero-order valence-electron chi connectivity index (χ0n) is 9.71. The van der Waals surface area contributed by atoms with E-state index in [2.05, 4.69) is 18.5 Å². The van der Waals surface area contributed by atoms with Crippen molar-refractivity contribution in [2.24, 2.45) is 0 Å². The Balaban J connectivity index is 4.43. The molecule has 0 heterocycles. The minimum absolute atomic E-state index is 0.214. The molecule has 0 aliphatic carbocycles. The molecule has 0 aliphatic heterocycles. The average Bonchev–Trinajstić information content (AvgIpc) is 2.24. The van der Waals surface area contributed by atoms with Crippen molar-refractivity contribution < 1.29 is 9.53 Å². The Morgan fingerprint density at radius 1 is 1.47 bits per heavy atom. The Labute approximate surface area is 92.2 Å². The molecule has 0 fully saturated rings. The molecule has 0 saturated carbocycles. The highest BCUT2D eigenvalue weighted by molar-refractivity contribution is 5.80. The van der Waals surface area contributed by atoms with Crippen LogP contribution in [-0.4, -0.2) is 24.7 Å². The average molecular weight is 211 g/mol. The van der Waals surface area contributed by atoms with Crippen LogP contribution in [0.1, 0.15) is 26.7 Å². The van der Waals surface area contributed by atoms with E-state index in [0.29, 0.717) is 19.6 Å². The summed E-state index contributed by atoms with van der Waals surface area (Å²) in [6, 6.07) is 0. The van der Waals surface area contributed by atoms with Gasteiger partial charge in [-0.3, -0.25) is 10.1 Å². The maximum Gasteiger partial charge on any atom is 0.326 e. The summed E-state index contributed by atoms with van der Waals surface area (Å²) in [5, 5.41) is 3.12. The molecule has 0 spiro atoms. The first-order chi connectivity index (χ1) is 7.10. The summed E-state index contributed by atoms with van der Waals surface area (Å²) in [5.41, 5.74) is -0.640. The first kappa shape index (κ1) is 13.9. The Morgan fingerprint density at radius 3 is 2.60 bits per heavy atom. The SMILES string of the molecule is C=CCCC(C)(NCC=C)C(=O)OCC. The van der Waals surface area contributed by atoms with Crippen LogP contribution < -0.4 is 5.32 Å². The van der Waals surface area contributed by atoms with Gasteiger partial charge in [0.15, 0.2) is 0 Å². The topological polar surface area (TPSA) is 38.3 Å². The molecule has 3 heteroatoms. The largest absolute Gasteiger partial charge is 0.465 e. The number of rotatable bonds is 8. The third-order valence-electron chi connectivity index (χ3n) is 2.21. The summed E-state index contributed by atoms with van der Waals surface area (Å²) in [5.74, 6) is -0.214. The van der Waals surface area contributed by atoms with E-state index < -0.39 is 5.54 Å². The number of hydrogen-bond donors (Lipinski definition) is 1. The molecule has 0 rings (SSSR count). The van der Waals surface area contributed by atoms with Crippen LogP contribution in [0.5, 0.6) is 0 Å². The second kappa shape index (κ2) is 7.23. The second-order valence-corrected chi connectivity index (χ2v) is 3.55. The molecule has 1 atom stereocenters.